The van der Waals surface area contributed by atoms with Crippen molar-refractivity contribution in [3.8, 4) is 11.5 Å². The van der Waals surface area contributed by atoms with Gasteiger partial charge in [0.05, 0.1) is 20.3 Å². The first-order chi connectivity index (χ1) is 9.04. The van der Waals surface area contributed by atoms with Gasteiger partial charge in [-0.05, 0) is 14.0 Å². The van der Waals surface area contributed by atoms with E-state index >= 15 is 0 Å². The highest BCUT2D eigenvalue weighted by molar-refractivity contribution is 5.84. The average Bonchev–Trinajstić information content (AvgIpc) is 2.44. The van der Waals surface area contributed by atoms with Gasteiger partial charge in [-0.2, -0.15) is 0 Å². The maximum absolute atomic E-state index is 8.68. The minimum Gasteiger partial charge on any atom is -0.493 e. The van der Waals surface area contributed by atoms with E-state index in [-0.39, 0.29) is 11.9 Å². The van der Waals surface area contributed by atoms with Crippen molar-refractivity contribution in [2.45, 2.75) is 19.5 Å². The zero-order valence-electron chi connectivity index (χ0n) is 11.6. The standard InChI is InChI=1S/C12H20N4O3/c1-8(12(13)15-17)16(2)7-9-11(19-4)10(18-3)5-6-14-9/h5-6,8,17H,7H2,1-4H3,(H2,13,15). The molecule has 0 saturated heterocycles. The average molecular weight is 268 g/mol. The summed E-state index contributed by atoms with van der Waals surface area (Å²) in [6, 6.07) is 1.51. The Morgan fingerprint density at radius 2 is 2.21 bits per heavy atom. The van der Waals surface area contributed by atoms with E-state index in [1.165, 1.54) is 0 Å². The van der Waals surface area contributed by atoms with Gasteiger partial charge in [0.1, 0.15) is 5.69 Å². The molecule has 0 bridgehead atoms. The number of hydrogen-bond donors (Lipinski definition) is 2. The van der Waals surface area contributed by atoms with E-state index in [9.17, 15) is 0 Å². The first kappa shape index (κ1) is 15.0. The molecule has 0 saturated carbocycles. The van der Waals surface area contributed by atoms with Gasteiger partial charge >= 0.3 is 0 Å². The number of ether oxygens (including phenoxy) is 2. The van der Waals surface area contributed by atoms with Crippen molar-refractivity contribution in [2.75, 3.05) is 21.3 Å². The summed E-state index contributed by atoms with van der Waals surface area (Å²) in [5, 5.41) is 11.7. The molecular weight excluding hydrogens is 248 g/mol. The Morgan fingerprint density at radius 3 is 2.74 bits per heavy atom. The molecule has 106 valence electrons. The van der Waals surface area contributed by atoms with Gasteiger partial charge in [0.25, 0.3) is 0 Å². The molecule has 0 aromatic carbocycles. The van der Waals surface area contributed by atoms with Crippen molar-refractivity contribution >= 4 is 5.84 Å². The maximum Gasteiger partial charge on any atom is 0.183 e. The summed E-state index contributed by atoms with van der Waals surface area (Å²) in [6.45, 7) is 2.32. The summed E-state index contributed by atoms with van der Waals surface area (Å²) in [5.41, 5.74) is 6.30. The van der Waals surface area contributed by atoms with Crippen LogP contribution in [-0.4, -0.2) is 48.2 Å². The van der Waals surface area contributed by atoms with Crippen molar-refractivity contribution in [3.63, 3.8) is 0 Å². The predicted octanol–water partition coefficient (Wildman–Crippen LogP) is 0.666. The normalized spacial score (nSPS) is 13.4. The van der Waals surface area contributed by atoms with Crippen LogP contribution in [0.25, 0.3) is 0 Å². The number of amidine groups is 1. The first-order valence-corrected chi connectivity index (χ1v) is 5.78. The van der Waals surface area contributed by atoms with Crippen molar-refractivity contribution in [2.24, 2.45) is 10.9 Å². The molecule has 0 amide bonds. The molecule has 3 N–H and O–H groups in total. The van der Waals surface area contributed by atoms with Crippen LogP contribution in [0.15, 0.2) is 17.4 Å². The Morgan fingerprint density at radius 1 is 1.53 bits per heavy atom. The Labute approximate surface area is 112 Å². The lowest BCUT2D eigenvalue weighted by molar-refractivity contribution is 0.270. The minimum atomic E-state index is -0.220. The van der Waals surface area contributed by atoms with E-state index < -0.39 is 0 Å². The largest absolute Gasteiger partial charge is 0.493 e. The minimum absolute atomic E-state index is 0.143. The summed E-state index contributed by atoms with van der Waals surface area (Å²) in [6.07, 6.45) is 1.65. The molecule has 0 fully saturated rings. The van der Waals surface area contributed by atoms with Gasteiger partial charge < -0.3 is 20.4 Å². The summed E-state index contributed by atoms with van der Waals surface area (Å²) in [7, 11) is 4.99. The molecule has 1 unspecified atom stereocenters. The third kappa shape index (κ3) is 3.47. The molecule has 7 heteroatoms. The molecular formula is C12H20N4O3. The van der Waals surface area contributed by atoms with Crippen LogP contribution < -0.4 is 15.2 Å². The lowest BCUT2D eigenvalue weighted by atomic mass is 10.2. The molecule has 1 rings (SSSR count). The SMILES string of the molecule is COc1ccnc(CN(C)C(C)/C(N)=N/O)c1OC. The van der Waals surface area contributed by atoms with Gasteiger partial charge in [0, 0.05) is 18.8 Å². The second kappa shape index (κ2) is 6.79. The van der Waals surface area contributed by atoms with E-state index in [1.54, 1.807) is 26.5 Å². The number of aromatic nitrogens is 1. The third-order valence-corrected chi connectivity index (χ3v) is 2.97. The van der Waals surface area contributed by atoms with E-state index in [4.69, 9.17) is 20.4 Å². The quantitative estimate of drug-likeness (QED) is 0.341. The van der Waals surface area contributed by atoms with Crippen LogP contribution in [-0.2, 0) is 6.54 Å². The van der Waals surface area contributed by atoms with Gasteiger partial charge in [-0.15, -0.1) is 0 Å². The molecule has 1 heterocycles. The van der Waals surface area contributed by atoms with E-state index in [0.717, 1.165) is 5.69 Å². The Balaban J connectivity index is 2.93. The topological polar surface area (TPSA) is 93.2 Å². The van der Waals surface area contributed by atoms with Crippen LogP contribution in [0.1, 0.15) is 12.6 Å². The second-order valence-corrected chi connectivity index (χ2v) is 4.11. The molecule has 7 nitrogen and oxygen atoms in total. The van der Waals surface area contributed by atoms with Gasteiger partial charge in [0.2, 0.25) is 0 Å². The Kier molecular flexibility index (Phi) is 5.37. The van der Waals surface area contributed by atoms with Gasteiger partial charge in [-0.3, -0.25) is 9.88 Å². The number of nitrogens with zero attached hydrogens (tertiary/aromatic N) is 3. The Bertz CT molecular complexity index is 451. The fourth-order valence-electron chi connectivity index (χ4n) is 1.65. The lowest BCUT2D eigenvalue weighted by Crippen LogP contribution is -2.40. The van der Waals surface area contributed by atoms with Gasteiger partial charge in [-0.25, -0.2) is 0 Å². The number of rotatable bonds is 6. The summed E-state index contributed by atoms with van der Waals surface area (Å²) >= 11 is 0. The van der Waals surface area contributed by atoms with Crippen LogP contribution in [0.5, 0.6) is 11.5 Å². The zero-order chi connectivity index (χ0) is 14.4. The molecule has 1 aromatic rings. The fraction of sp³-hybridized carbons (Fsp3) is 0.500. The lowest BCUT2D eigenvalue weighted by Gasteiger charge is -2.24. The monoisotopic (exact) mass is 268 g/mol. The smallest absolute Gasteiger partial charge is 0.183 e. The highest BCUT2D eigenvalue weighted by Crippen LogP contribution is 2.29. The van der Waals surface area contributed by atoms with Crippen LogP contribution in [0.3, 0.4) is 0 Å². The molecule has 0 aliphatic heterocycles. The van der Waals surface area contributed by atoms with Crippen molar-refractivity contribution in [1.82, 2.24) is 9.88 Å². The molecule has 0 aliphatic rings. The van der Waals surface area contributed by atoms with Gasteiger partial charge in [-0.1, -0.05) is 5.16 Å². The number of nitrogens with two attached hydrogens (primary N) is 1. The molecule has 0 radical (unpaired) electrons. The molecule has 1 aromatic heterocycles. The maximum atomic E-state index is 8.68. The number of methoxy groups -OCH3 is 2. The zero-order valence-corrected chi connectivity index (χ0v) is 11.6. The highest BCUT2D eigenvalue weighted by atomic mass is 16.5. The van der Waals surface area contributed by atoms with Gasteiger partial charge in [0.15, 0.2) is 17.3 Å². The first-order valence-electron chi connectivity index (χ1n) is 5.78. The highest BCUT2D eigenvalue weighted by Gasteiger charge is 2.18. The second-order valence-electron chi connectivity index (χ2n) is 4.11. The molecule has 19 heavy (non-hydrogen) atoms. The Hall–Kier alpha value is -2.02. The summed E-state index contributed by atoms with van der Waals surface area (Å²) < 4.78 is 10.5. The number of pyridine rings is 1. The summed E-state index contributed by atoms with van der Waals surface area (Å²) in [5.74, 6) is 1.35. The van der Waals surface area contributed by atoms with Crippen LogP contribution in [0.4, 0.5) is 0 Å². The number of likely N-dealkylation sites (N-methyl/N-ethyl adjacent to an activating group) is 1. The number of hydrogen-bond acceptors (Lipinski definition) is 6. The van der Waals surface area contributed by atoms with E-state index in [1.807, 2.05) is 18.9 Å². The van der Waals surface area contributed by atoms with Crippen LogP contribution in [0.2, 0.25) is 0 Å². The summed E-state index contributed by atoms with van der Waals surface area (Å²) in [4.78, 5) is 6.16. The van der Waals surface area contributed by atoms with E-state index in [2.05, 4.69) is 10.1 Å². The molecule has 0 spiro atoms. The van der Waals surface area contributed by atoms with Crippen molar-refractivity contribution in [3.05, 3.63) is 18.0 Å². The predicted molar refractivity (Wildman–Crippen MR) is 71.7 cm³/mol. The molecule has 0 aliphatic carbocycles. The van der Waals surface area contributed by atoms with Crippen molar-refractivity contribution < 1.29 is 14.7 Å². The van der Waals surface area contributed by atoms with E-state index in [0.29, 0.717) is 18.0 Å². The van der Waals surface area contributed by atoms with Crippen LogP contribution >= 0.6 is 0 Å². The third-order valence-electron chi connectivity index (χ3n) is 2.97. The fourth-order valence-corrected chi connectivity index (χ4v) is 1.65. The molecule has 1 atom stereocenters. The van der Waals surface area contributed by atoms with Crippen LogP contribution in [0, 0.1) is 0 Å². The van der Waals surface area contributed by atoms with Crippen molar-refractivity contribution in [1.29, 1.82) is 0 Å². The number of oxime groups is 1.